The summed E-state index contributed by atoms with van der Waals surface area (Å²) in [5.41, 5.74) is 7.37. The number of aromatic nitrogens is 3. The smallest absolute Gasteiger partial charge is 0.268 e. The van der Waals surface area contributed by atoms with Crippen LogP contribution >= 0.6 is 15.9 Å². The van der Waals surface area contributed by atoms with E-state index in [2.05, 4.69) is 36.2 Å². The fourth-order valence-electron chi connectivity index (χ4n) is 2.41. The van der Waals surface area contributed by atoms with Crippen LogP contribution in [-0.2, 0) is 0 Å². The molecule has 0 bridgehead atoms. The normalized spacial score (nSPS) is 18.8. The second kappa shape index (κ2) is 4.30. The molecule has 1 aliphatic rings. The maximum Gasteiger partial charge on any atom is 0.268 e. The first-order valence-electron chi connectivity index (χ1n) is 5.77. The molecule has 0 fully saturated rings. The van der Waals surface area contributed by atoms with Crippen molar-refractivity contribution in [1.29, 1.82) is 0 Å². The third kappa shape index (κ3) is 1.97. The molecule has 3 heterocycles. The van der Waals surface area contributed by atoms with Crippen LogP contribution in [0, 0.1) is 0 Å². The zero-order chi connectivity index (χ0) is 13.6. The van der Waals surface area contributed by atoms with E-state index in [-0.39, 0.29) is 23.7 Å². The van der Waals surface area contributed by atoms with Crippen LogP contribution in [-0.4, -0.2) is 32.5 Å². The molecule has 100 valence electrons. The summed E-state index contributed by atoms with van der Waals surface area (Å²) in [5.74, 6) is -0.288. The largest absolute Gasteiger partial charge is 0.492 e. The Morgan fingerprint density at radius 2 is 2.26 bits per heavy atom. The maximum atomic E-state index is 11.9. The lowest BCUT2D eigenvalue weighted by atomic mass is 9.93. The van der Waals surface area contributed by atoms with E-state index >= 15 is 0 Å². The summed E-state index contributed by atoms with van der Waals surface area (Å²) < 4.78 is 0.714. The van der Waals surface area contributed by atoms with E-state index in [9.17, 15) is 9.90 Å². The lowest BCUT2D eigenvalue weighted by molar-refractivity contribution is 0.0951. The molecule has 19 heavy (non-hydrogen) atoms. The van der Waals surface area contributed by atoms with E-state index in [1.54, 1.807) is 0 Å². The van der Waals surface area contributed by atoms with Gasteiger partial charge >= 0.3 is 0 Å². The van der Waals surface area contributed by atoms with Gasteiger partial charge < -0.3 is 26.1 Å². The summed E-state index contributed by atoms with van der Waals surface area (Å²) in [5, 5.41) is 12.6. The quantitative estimate of drug-likeness (QED) is 0.538. The summed E-state index contributed by atoms with van der Waals surface area (Å²) in [7, 11) is 0. The number of nitrogens with one attached hydrogen (secondary N) is 3. The number of hydrogen-bond acceptors (Lipinski definition) is 4. The van der Waals surface area contributed by atoms with Gasteiger partial charge in [-0.1, -0.05) is 0 Å². The number of H-pyrrole nitrogens is 2. The molecule has 7 nitrogen and oxygen atoms in total. The van der Waals surface area contributed by atoms with Gasteiger partial charge in [0.2, 0.25) is 11.8 Å². The van der Waals surface area contributed by atoms with E-state index in [4.69, 9.17) is 5.73 Å². The number of nitrogen functional groups attached to an aromatic ring is 1. The summed E-state index contributed by atoms with van der Waals surface area (Å²) in [6, 6.07) is 1.83. The fourth-order valence-corrected chi connectivity index (χ4v) is 2.86. The maximum absolute atomic E-state index is 11.9. The first-order chi connectivity index (χ1) is 9.06. The number of aromatic amines is 2. The van der Waals surface area contributed by atoms with Crippen molar-refractivity contribution in [3.63, 3.8) is 0 Å². The van der Waals surface area contributed by atoms with Gasteiger partial charge in [-0.2, -0.15) is 4.98 Å². The number of halogens is 1. The third-order valence-corrected chi connectivity index (χ3v) is 3.64. The van der Waals surface area contributed by atoms with Crippen molar-refractivity contribution < 1.29 is 9.90 Å². The van der Waals surface area contributed by atoms with Gasteiger partial charge in [-0.15, -0.1) is 0 Å². The molecule has 0 saturated carbocycles. The van der Waals surface area contributed by atoms with Crippen LogP contribution in [0.4, 0.5) is 5.95 Å². The second-order valence-corrected chi connectivity index (χ2v) is 5.26. The van der Waals surface area contributed by atoms with E-state index in [1.165, 1.54) is 0 Å². The number of carbonyl (C=O) groups is 1. The molecule has 0 saturated heterocycles. The van der Waals surface area contributed by atoms with Gasteiger partial charge in [-0.3, -0.25) is 4.79 Å². The second-order valence-electron chi connectivity index (χ2n) is 4.40. The van der Waals surface area contributed by atoms with Gasteiger partial charge in [-0.25, -0.2) is 0 Å². The Bertz CT molecular complexity index is 648. The molecular weight excluding hydrogens is 314 g/mol. The van der Waals surface area contributed by atoms with Crippen LogP contribution in [0.5, 0.6) is 5.88 Å². The highest BCUT2D eigenvalue weighted by Gasteiger charge is 2.29. The van der Waals surface area contributed by atoms with Crippen molar-refractivity contribution >= 4 is 27.8 Å². The average Bonchev–Trinajstić information content (AvgIpc) is 2.84. The van der Waals surface area contributed by atoms with Crippen LogP contribution in [0.3, 0.4) is 0 Å². The first kappa shape index (κ1) is 12.1. The molecule has 1 unspecified atom stereocenters. The van der Waals surface area contributed by atoms with E-state index in [0.29, 0.717) is 29.0 Å². The topological polar surface area (TPSA) is 120 Å². The van der Waals surface area contributed by atoms with E-state index < -0.39 is 0 Å². The van der Waals surface area contributed by atoms with Crippen LogP contribution < -0.4 is 11.1 Å². The molecule has 6 N–H and O–H groups in total. The highest BCUT2D eigenvalue weighted by Crippen LogP contribution is 2.36. The standard InChI is InChI=1S/C11H12BrN5O2/c12-6-3-5-4(7-10(19)17-11(13)16-7)1-2-14-9(18)8(5)15-6/h3-4,15,19H,1-2H2,(H,14,18)(H3,13,16,17). The van der Waals surface area contributed by atoms with Crippen LogP contribution in [0.15, 0.2) is 10.7 Å². The van der Waals surface area contributed by atoms with Crippen molar-refractivity contribution in [2.75, 3.05) is 12.3 Å². The minimum absolute atomic E-state index is 0.125. The number of rotatable bonds is 1. The van der Waals surface area contributed by atoms with Crippen molar-refractivity contribution in [2.45, 2.75) is 12.3 Å². The summed E-state index contributed by atoms with van der Waals surface area (Å²) >= 11 is 3.32. The summed E-state index contributed by atoms with van der Waals surface area (Å²) in [6.45, 7) is 0.516. The Labute approximate surface area is 116 Å². The monoisotopic (exact) mass is 325 g/mol. The number of aromatic hydroxyl groups is 1. The first-order valence-corrected chi connectivity index (χ1v) is 6.56. The van der Waals surface area contributed by atoms with Crippen LogP contribution in [0.2, 0.25) is 0 Å². The molecule has 0 radical (unpaired) electrons. The highest BCUT2D eigenvalue weighted by atomic mass is 79.9. The lowest BCUT2D eigenvalue weighted by Crippen LogP contribution is -2.23. The number of imidazole rings is 1. The number of hydrogen-bond donors (Lipinski definition) is 5. The molecule has 1 amide bonds. The van der Waals surface area contributed by atoms with E-state index in [1.807, 2.05) is 6.07 Å². The summed E-state index contributed by atoms with van der Waals surface area (Å²) in [4.78, 5) is 21.5. The van der Waals surface area contributed by atoms with E-state index in [0.717, 1.165) is 5.56 Å². The molecule has 2 aromatic heterocycles. The van der Waals surface area contributed by atoms with Gasteiger partial charge in [0, 0.05) is 12.5 Å². The molecule has 0 aromatic carbocycles. The van der Waals surface area contributed by atoms with Crippen molar-refractivity contribution in [3.05, 3.63) is 27.6 Å². The Morgan fingerprint density at radius 1 is 1.47 bits per heavy atom. The molecule has 0 aliphatic carbocycles. The van der Waals surface area contributed by atoms with Gasteiger partial charge in [-0.05, 0) is 34.0 Å². The number of carbonyl (C=O) groups excluding carboxylic acids is 1. The number of anilines is 1. The Kier molecular flexibility index (Phi) is 2.74. The summed E-state index contributed by atoms with van der Waals surface area (Å²) in [6.07, 6.45) is 0.651. The van der Waals surface area contributed by atoms with Gasteiger partial charge in [0.15, 0.2) is 0 Å². The zero-order valence-corrected chi connectivity index (χ0v) is 11.4. The molecule has 1 atom stereocenters. The minimum atomic E-state index is -0.165. The Morgan fingerprint density at radius 3 is 2.95 bits per heavy atom. The fraction of sp³-hybridized carbons (Fsp3) is 0.273. The van der Waals surface area contributed by atoms with Crippen molar-refractivity contribution in [3.8, 4) is 5.88 Å². The molecule has 1 aliphatic heterocycles. The van der Waals surface area contributed by atoms with Gasteiger partial charge in [0.1, 0.15) is 5.69 Å². The Hall–Kier alpha value is -1.96. The molecule has 3 rings (SSSR count). The Balaban J connectivity index is 2.13. The molecule has 2 aromatic rings. The van der Waals surface area contributed by atoms with Crippen LogP contribution in [0.1, 0.15) is 34.1 Å². The average molecular weight is 326 g/mol. The van der Waals surface area contributed by atoms with Gasteiger partial charge in [0.25, 0.3) is 5.91 Å². The molecule has 8 heteroatoms. The zero-order valence-electron chi connectivity index (χ0n) is 9.83. The highest BCUT2D eigenvalue weighted by molar-refractivity contribution is 9.10. The third-order valence-electron chi connectivity index (χ3n) is 3.21. The predicted molar refractivity (Wildman–Crippen MR) is 72.0 cm³/mol. The van der Waals surface area contributed by atoms with Crippen molar-refractivity contribution in [2.24, 2.45) is 0 Å². The minimum Gasteiger partial charge on any atom is -0.492 e. The lowest BCUT2D eigenvalue weighted by Gasteiger charge is -2.12. The number of fused-ring (bicyclic) bond motifs is 1. The SMILES string of the molecule is Nc1nc(O)c(C2CCNC(=O)c3[nH]c(Br)cc32)[nH]1. The molecule has 0 spiro atoms. The number of nitrogens with zero attached hydrogens (tertiary/aromatic N) is 1. The van der Waals surface area contributed by atoms with Gasteiger partial charge in [0.05, 0.1) is 10.3 Å². The van der Waals surface area contributed by atoms with Crippen LogP contribution in [0.25, 0.3) is 0 Å². The predicted octanol–water partition coefficient (Wildman–Crippen LogP) is 1.05. The van der Waals surface area contributed by atoms with Crippen molar-refractivity contribution in [1.82, 2.24) is 20.3 Å². The number of amides is 1. The molecular formula is C11H12BrN5O2. The number of nitrogens with two attached hydrogens (primary N) is 1.